The second kappa shape index (κ2) is 4.96. The molecule has 1 saturated heterocycles. The van der Waals surface area contributed by atoms with Gasteiger partial charge in [0.15, 0.2) is 0 Å². The van der Waals surface area contributed by atoms with Gasteiger partial charge in [-0.15, -0.1) is 0 Å². The number of rotatable bonds is 4. The molecular weight excluding hydrogens is 272 g/mol. The van der Waals surface area contributed by atoms with Crippen LogP contribution in [0.5, 0.6) is 0 Å². The van der Waals surface area contributed by atoms with Crippen LogP contribution in [0.4, 0.5) is 10.5 Å². The third-order valence-corrected chi connectivity index (χ3v) is 4.03. The lowest BCUT2D eigenvalue weighted by Gasteiger charge is -2.31. The molecule has 0 aromatic heterocycles. The van der Waals surface area contributed by atoms with E-state index in [0.29, 0.717) is 31.6 Å². The van der Waals surface area contributed by atoms with Crippen molar-refractivity contribution in [1.82, 2.24) is 5.32 Å². The first-order valence-corrected chi connectivity index (χ1v) is 6.87. The monoisotopic (exact) mass is 288 g/mol. The summed E-state index contributed by atoms with van der Waals surface area (Å²) in [4.78, 5) is 37.6. The van der Waals surface area contributed by atoms with E-state index < -0.39 is 23.3 Å². The molecule has 3 rings (SSSR count). The van der Waals surface area contributed by atoms with Gasteiger partial charge in [-0.05, 0) is 30.9 Å². The summed E-state index contributed by atoms with van der Waals surface area (Å²) >= 11 is 0. The fourth-order valence-corrected chi connectivity index (χ4v) is 2.61. The number of urea groups is 1. The zero-order chi connectivity index (χ0) is 15.0. The van der Waals surface area contributed by atoms with Crippen LogP contribution in [-0.4, -0.2) is 31.6 Å². The van der Waals surface area contributed by atoms with Crippen LogP contribution >= 0.6 is 0 Å². The van der Waals surface area contributed by atoms with E-state index in [-0.39, 0.29) is 0 Å². The number of amides is 4. The highest BCUT2D eigenvalue weighted by molar-refractivity contribution is 6.31. The molecular formula is C15H16N2O4. The zero-order valence-electron chi connectivity index (χ0n) is 11.7. The molecule has 2 fully saturated rings. The molecule has 0 atom stereocenters. The predicted molar refractivity (Wildman–Crippen MR) is 74.7 cm³/mol. The molecule has 1 saturated carbocycles. The number of barbiturate groups is 1. The first-order chi connectivity index (χ1) is 10.1. The fourth-order valence-electron chi connectivity index (χ4n) is 2.61. The van der Waals surface area contributed by atoms with Gasteiger partial charge >= 0.3 is 6.03 Å². The van der Waals surface area contributed by atoms with E-state index in [4.69, 9.17) is 4.74 Å². The largest absolute Gasteiger partial charge is 0.384 e. The van der Waals surface area contributed by atoms with Crippen LogP contribution in [-0.2, 0) is 20.7 Å². The van der Waals surface area contributed by atoms with Crippen molar-refractivity contribution >= 4 is 23.5 Å². The fraction of sp³-hybridized carbons (Fsp3) is 0.400. The van der Waals surface area contributed by atoms with Crippen molar-refractivity contribution < 1.29 is 19.1 Å². The van der Waals surface area contributed by atoms with Gasteiger partial charge in [-0.3, -0.25) is 14.9 Å². The highest BCUT2D eigenvalue weighted by atomic mass is 16.5. The Kier molecular flexibility index (Phi) is 3.25. The van der Waals surface area contributed by atoms with Crippen LogP contribution in [0, 0.1) is 5.41 Å². The van der Waals surface area contributed by atoms with Crippen molar-refractivity contribution in [3.63, 3.8) is 0 Å². The van der Waals surface area contributed by atoms with Gasteiger partial charge in [0, 0.05) is 7.11 Å². The van der Waals surface area contributed by atoms with Crippen LogP contribution in [0.25, 0.3) is 0 Å². The minimum absolute atomic E-state index is 0.416. The molecule has 6 nitrogen and oxygen atoms in total. The minimum atomic E-state index is -1.03. The Morgan fingerprint density at radius 3 is 2.62 bits per heavy atom. The molecule has 1 heterocycles. The molecule has 0 radical (unpaired) electrons. The molecule has 0 unspecified atom stereocenters. The molecule has 1 N–H and O–H groups in total. The van der Waals surface area contributed by atoms with Gasteiger partial charge in [0.05, 0.1) is 12.3 Å². The van der Waals surface area contributed by atoms with Crippen molar-refractivity contribution in [1.29, 1.82) is 0 Å². The van der Waals surface area contributed by atoms with Gasteiger partial charge in [0.25, 0.3) is 5.91 Å². The molecule has 4 amide bonds. The van der Waals surface area contributed by atoms with Gasteiger partial charge < -0.3 is 4.74 Å². The van der Waals surface area contributed by atoms with E-state index in [2.05, 4.69) is 5.32 Å². The average Bonchev–Trinajstić information content (AvgIpc) is 3.26. The first-order valence-electron chi connectivity index (χ1n) is 6.87. The number of imide groups is 2. The second-order valence-electron chi connectivity index (χ2n) is 5.35. The van der Waals surface area contributed by atoms with Gasteiger partial charge in [-0.2, -0.15) is 0 Å². The van der Waals surface area contributed by atoms with Gasteiger partial charge in [-0.25, -0.2) is 9.69 Å². The van der Waals surface area contributed by atoms with Gasteiger partial charge in [0.1, 0.15) is 5.41 Å². The van der Waals surface area contributed by atoms with Gasteiger partial charge in [-0.1, -0.05) is 18.2 Å². The normalized spacial score (nSPS) is 19.9. The van der Waals surface area contributed by atoms with Crippen molar-refractivity contribution in [2.45, 2.75) is 19.3 Å². The minimum Gasteiger partial charge on any atom is -0.384 e. The number of para-hydroxylation sites is 1. The topological polar surface area (TPSA) is 75.7 Å². The van der Waals surface area contributed by atoms with Crippen molar-refractivity contribution in [3.8, 4) is 0 Å². The lowest BCUT2D eigenvalue weighted by atomic mass is 10.00. The number of carbonyl (C=O) groups excluding carboxylic acids is 3. The molecule has 1 aliphatic heterocycles. The van der Waals surface area contributed by atoms with E-state index in [1.165, 1.54) is 0 Å². The van der Waals surface area contributed by atoms with Crippen molar-refractivity contribution in [2.24, 2.45) is 5.41 Å². The van der Waals surface area contributed by atoms with Crippen LogP contribution in [0.2, 0.25) is 0 Å². The average molecular weight is 288 g/mol. The van der Waals surface area contributed by atoms with Crippen LogP contribution in [0.3, 0.4) is 0 Å². The Morgan fingerprint density at radius 1 is 1.24 bits per heavy atom. The van der Waals surface area contributed by atoms with Crippen molar-refractivity contribution in [3.05, 3.63) is 29.8 Å². The van der Waals surface area contributed by atoms with E-state index >= 15 is 0 Å². The molecule has 1 aromatic carbocycles. The number of carbonyl (C=O) groups is 3. The molecule has 0 bridgehead atoms. The Balaban J connectivity index is 1.97. The maximum atomic E-state index is 12.6. The highest BCUT2D eigenvalue weighted by Crippen LogP contribution is 2.49. The molecule has 110 valence electrons. The number of nitrogens with zero attached hydrogens (tertiary/aromatic N) is 1. The SMILES string of the molecule is COCCc1ccccc1N1C(=O)NC(=O)C2(CC2)C1=O. The molecule has 1 aromatic rings. The molecule has 6 heteroatoms. The maximum Gasteiger partial charge on any atom is 0.335 e. The Hall–Kier alpha value is -2.21. The number of nitrogens with one attached hydrogen (secondary N) is 1. The summed E-state index contributed by atoms with van der Waals surface area (Å²) in [7, 11) is 1.60. The number of methoxy groups -OCH3 is 1. The summed E-state index contributed by atoms with van der Waals surface area (Å²) in [5.41, 5.74) is 0.339. The Bertz CT molecular complexity index is 622. The third kappa shape index (κ3) is 2.12. The van der Waals surface area contributed by atoms with Gasteiger partial charge in [0.2, 0.25) is 5.91 Å². The number of benzene rings is 1. The first kappa shape index (κ1) is 13.8. The Labute approximate surface area is 122 Å². The number of hydrogen-bond acceptors (Lipinski definition) is 4. The second-order valence-corrected chi connectivity index (χ2v) is 5.35. The third-order valence-electron chi connectivity index (χ3n) is 4.03. The quantitative estimate of drug-likeness (QED) is 0.846. The summed E-state index contributed by atoms with van der Waals surface area (Å²) in [5.74, 6) is -0.885. The predicted octanol–water partition coefficient (Wildman–Crippen LogP) is 1.24. The number of hydrogen-bond donors (Lipinski definition) is 1. The van der Waals surface area contributed by atoms with Crippen molar-refractivity contribution in [2.75, 3.05) is 18.6 Å². The maximum absolute atomic E-state index is 12.6. The molecule has 1 spiro atoms. The smallest absolute Gasteiger partial charge is 0.335 e. The summed E-state index contributed by atoms with van der Waals surface area (Å²) < 4.78 is 5.05. The highest BCUT2D eigenvalue weighted by Gasteiger charge is 2.62. The summed E-state index contributed by atoms with van der Waals surface area (Å²) in [6.07, 6.45) is 1.59. The zero-order valence-corrected chi connectivity index (χ0v) is 11.7. The summed E-state index contributed by atoms with van der Waals surface area (Å²) in [5, 5.41) is 2.29. The van der Waals surface area contributed by atoms with Crippen LogP contribution in [0.15, 0.2) is 24.3 Å². The van der Waals surface area contributed by atoms with E-state index in [0.717, 1.165) is 10.5 Å². The lowest BCUT2D eigenvalue weighted by molar-refractivity contribution is -0.136. The van der Waals surface area contributed by atoms with Crippen LogP contribution < -0.4 is 10.2 Å². The summed E-state index contributed by atoms with van der Waals surface area (Å²) in [6.45, 7) is 0.491. The van der Waals surface area contributed by atoms with E-state index in [1.54, 1.807) is 19.2 Å². The Morgan fingerprint density at radius 2 is 1.95 bits per heavy atom. The molecule has 1 aliphatic carbocycles. The number of anilines is 1. The van der Waals surface area contributed by atoms with Crippen LogP contribution in [0.1, 0.15) is 18.4 Å². The molecule has 21 heavy (non-hydrogen) atoms. The van der Waals surface area contributed by atoms with E-state index in [9.17, 15) is 14.4 Å². The standard InChI is InChI=1S/C15H16N2O4/c1-21-9-6-10-4-2-3-5-11(10)17-13(19)15(7-8-15)12(18)16-14(17)20/h2-5H,6-9H2,1H3,(H,16,18,20). The number of ether oxygens (including phenoxy) is 1. The van der Waals surface area contributed by atoms with E-state index in [1.807, 2.05) is 12.1 Å². The lowest BCUT2D eigenvalue weighted by Crippen LogP contribution is -2.59. The summed E-state index contributed by atoms with van der Waals surface area (Å²) in [6, 6.07) is 6.51. The molecule has 2 aliphatic rings.